The summed E-state index contributed by atoms with van der Waals surface area (Å²) in [6, 6.07) is 0. The van der Waals surface area contributed by atoms with Gasteiger partial charge in [-0.15, -0.1) is 0 Å². The van der Waals surface area contributed by atoms with Gasteiger partial charge < -0.3 is 4.55 Å². The van der Waals surface area contributed by atoms with Gasteiger partial charge in [0, 0.05) is 12.5 Å². The molecule has 0 saturated heterocycles. The van der Waals surface area contributed by atoms with Crippen molar-refractivity contribution >= 4 is 10.1 Å². The van der Waals surface area contributed by atoms with Gasteiger partial charge in [0.25, 0.3) is 0 Å². The number of allylic oxidation sites excluding steroid dienone is 3. The second kappa shape index (κ2) is 14.2. The van der Waals surface area contributed by atoms with E-state index in [0.29, 0.717) is 0 Å². The van der Waals surface area contributed by atoms with Gasteiger partial charge in [0.2, 0.25) is 0 Å². The molecule has 0 aliphatic carbocycles. The van der Waals surface area contributed by atoms with Crippen LogP contribution in [0.2, 0.25) is 0 Å². The lowest BCUT2D eigenvalue weighted by Crippen LogP contribution is -3.04. The maximum Gasteiger partial charge on any atom is 0.485 e. The van der Waals surface area contributed by atoms with Gasteiger partial charge in [-0.05, 0) is 18.9 Å². The van der Waals surface area contributed by atoms with E-state index in [-0.39, 0.29) is 0 Å². The van der Waals surface area contributed by atoms with Gasteiger partial charge in [0.1, 0.15) is 5.70 Å². The lowest BCUT2D eigenvalue weighted by molar-refractivity contribution is -0.804. The minimum Gasteiger partial charge on any atom is -0.741 e. The molecule has 0 bridgehead atoms. The van der Waals surface area contributed by atoms with Crippen molar-refractivity contribution in [3.8, 4) is 0 Å². The Morgan fingerprint density at radius 1 is 0.926 bits per heavy atom. The second-order valence-electron chi connectivity index (χ2n) is 6.76. The Balaban J connectivity index is 0.000000713. The highest BCUT2D eigenvalue weighted by molar-refractivity contribution is 7.86. The summed E-state index contributed by atoms with van der Waals surface area (Å²) in [6.07, 6.45) is 22.3. The van der Waals surface area contributed by atoms with Gasteiger partial charge in [-0.3, -0.25) is 4.90 Å². The zero-order valence-corrected chi connectivity index (χ0v) is 17.3. The Morgan fingerprint density at radius 2 is 1.37 bits per heavy atom. The summed E-state index contributed by atoms with van der Waals surface area (Å²) in [4.78, 5) is 1.60. The number of unbranched alkanes of at least 4 members (excludes halogenated alkanes) is 9. The molecule has 1 atom stereocenters. The molecule has 0 fully saturated rings. The molecule has 1 N–H and O–H groups in total. The van der Waals surface area contributed by atoms with E-state index in [1.54, 1.807) is 10.6 Å². The molecule has 1 aliphatic heterocycles. The van der Waals surface area contributed by atoms with Gasteiger partial charge in [-0.2, -0.15) is 13.2 Å². The van der Waals surface area contributed by atoms with Crippen LogP contribution in [0.15, 0.2) is 24.0 Å². The molecule has 0 aromatic carbocycles. The van der Waals surface area contributed by atoms with Gasteiger partial charge in [-0.1, -0.05) is 65.2 Å². The predicted molar refractivity (Wildman–Crippen MR) is 101 cm³/mol. The van der Waals surface area contributed by atoms with Crippen LogP contribution < -0.4 is 4.90 Å². The van der Waals surface area contributed by atoms with E-state index in [9.17, 15) is 13.2 Å². The molecule has 0 amide bonds. The van der Waals surface area contributed by atoms with E-state index in [1.165, 1.54) is 77.2 Å². The van der Waals surface area contributed by atoms with Gasteiger partial charge in [0.15, 0.2) is 10.1 Å². The Labute approximate surface area is 162 Å². The summed E-state index contributed by atoms with van der Waals surface area (Å²) in [5, 5.41) is 0. The number of hydrogen-bond donors (Lipinski definition) is 1. The highest BCUT2D eigenvalue weighted by Gasteiger charge is 2.36. The molecular formula is C19H34F3NO3S. The third-order valence-electron chi connectivity index (χ3n) is 4.47. The summed E-state index contributed by atoms with van der Waals surface area (Å²) < 4.78 is 58.9. The molecule has 1 heterocycles. The van der Waals surface area contributed by atoms with E-state index in [1.807, 2.05) is 0 Å². The van der Waals surface area contributed by atoms with Crippen molar-refractivity contribution in [1.82, 2.24) is 0 Å². The van der Waals surface area contributed by atoms with Gasteiger partial charge >= 0.3 is 5.51 Å². The highest BCUT2D eigenvalue weighted by Crippen LogP contribution is 2.20. The minimum atomic E-state index is -6.09. The van der Waals surface area contributed by atoms with Crippen LogP contribution in [-0.2, 0) is 10.1 Å². The first-order valence-corrected chi connectivity index (χ1v) is 11.3. The number of rotatable bonds is 12. The fraction of sp³-hybridized carbons (Fsp3) is 0.789. The molecule has 27 heavy (non-hydrogen) atoms. The average Bonchev–Trinajstić information content (AvgIpc) is 3.03. The van der Waals surface area contributed by atoms with Crippen LogP contribution in [-0.4, -0.2) is 25.0 Å². The summed E-state index contributed by atoms with van der Waals surface area (Å²) in [5.41, 5.74) is -4.08. The fourth-order valence-corrected chi connectivity index (χ4v) is 2.89. The monoisotopic (exact) mass is 413 g/mol. The Hall–Kier alpha value is -0.860. The molecule has 1 unspecified atom stereocenters. The van der Waals surface area contributed by atoms with Crippen molar-refractivity contribution < 1.29 is 31.0 Å². The molecule has 160 valence electrons. The van der Waals surface area contributed by atoms with Crippen LogP contribution in [0.1, 0.15) is 84.5 Å². The maximum absolute atomic E-state index is 10.7. The van der Waals surface area contributed by atoms with Crippen molar-refractivity contribution in [3.05, 3.63) is 24.0 Å². The van der Waals surface area contributed by atoms with E-state index >= 15 is 0 Å². The van der Waals surface area contributed by atoms with Gasteiger partial charge in [0.05, 0.1) is 12.7 Å². The van der Waals surface area contributed by atoms with E-state index in [2.05, 4.69) is 32.2 Å². The van der Waals surface area contributed by atoms with Crippen LogP contribution >= 0.6 is 0 Å². The second-order valence-corrected chi connectivity index (χ2v) is 8.13. The molecule has 1 aliphatic rings. The summed E-state index contributed by atoms with van der Waals surface area (Å²) >= 11 is 0. The molecule has 0 saturated carbocycles. The molecule has 0 radical (unpaired) electrons. The topological polar surface area (TPSA) is 61.6 Å². The summed E-state index contributed by atoms with van der Waals surface area (Å²) in [7, 11) is -6.09. The fourth-order valence-electron chi connectivity index (χ4n) is 2.89. The predicted octanol–water partition coefficient (Wildman–Crippen LogP) is 4.66. The van der Waals surface area contributed by atoms with Crippen LogP contribution in [0.4, 0.5) is 13.2 Å². The molecule has 0 spiro atoms. The molecule has 4 nitrogen and oxygen atoms in total. The average molecular weight is 414 g/mol. The first-order valence-electron chi connectivity index (χ1n) is 9.89. The van der Waals surface area contributed by atoms with Crippen molar-refractivity contribution in [2.45, 2.75) is 90.0 Å². The van der Waals surface area contributed by atoms with Crippen LogP contribution in [0, 0.1) is 0 Å². The third kappa shape index (κ3) is 13.0. The van der Waals surface area contributed by atoms with Crippen LogP contribution in [0.25, 0.3) is 0 Å². The van der Waals surface area contributed by atoms with Crippen LogP contribution in [0.3, 0.4) is 0 Å². The zero-order valence-electron chi connectivity index (χ0n) is 16.5. The molecular weight excluding hydrogens is 379 g/mol. The van der Waals surface area contributed by atoms with Crippen LogP contribution in [0.5, 0.6) is 0 Å². The van der Waals surface area contributed by atoms with Crippen molar-refractivity contribution in [3.63, 3.8) is 0 Å². The Morgan fingerprint density at radius 3 is 1.78 bits per heavy atom. The van der Waals surface area contributed by atoms with E-state index < -0.39 is 15.6 Å². The number of quaternary nitrogens is 1. The zero-order chi connectivity index (χ0) is 20.8. The molecule has 0 aromatic rings. The third-order valence-corrected chi connectivity index (χ3v) is 5.04. The normalized spacial score (nSPS) is 16.8. The first-order chi connectivity index (χ1) is 12.6. The molecule has 0 aromatic heterocycles. The Kier molecular flexibility index (Phi) is 13.7. The van der Waals surface area contributed by atoms with Crippen molar-refractivity contribution in [2.24, 2.45) is 0 Å². The van der Waals surface area contributed by atoms with E-state index in [0.717, 1.165) is 0 Å². The number of nitrogens with one attached hydrogen (secondary N) is 1. The van der Waals surface area contributed by atoms with Crippen molar-refractivity contribution in [1.29, 1.82) is 0 Å². The van der Waals surface area contributed by atoms with Gasteiger partial charge in [-0.25, -0.2) is 8.42 Å². The smallest absolute Gasteiger partial charge is 0.485 e. The van der Waals surface area contributed by atoms with E-state index in [4.69, 9.17) is 13.0 Å². The lowest BCUT2D eigenvalue weighted by atomic mass is 10.1. The summed E-state index contributed by atoms with van der Waals surface area (Å²) in [6.45, 7) is 5.85. The highest BCUT2D eigenvalue weighted by atomic mass is 32.2. The molecule has 1 rings (SSSR count). The first kappa shape index (κ1) is 26.1. The number of hydrogen-bond acceptors (Lipinski definition) is 3. The molecule has 8 heteroatoms. The quantitative estimate of drug-likeness (QED) is 0.287. The Bertz CT molecular complexity index is 543. The van der Waals surface area contributed by atoms with Crippen molar-refractivity contribution in [2.75, 3.05) is 6.54 Å². The summed E-state index contributed by atoms with van der Waals surface area (Å²) in [5.74, 6) is 0. The standard InChI is InChI=1S/C18H33N.CHF3O3S/c1-3-5-6-7-8-9-10-11-12-13-16-19-17-14-15-18(19)4-2;2-1(3,4)8(5,6)7/h14-15,17H,3-13,16H2,1-2H3;(H,5,6,7). The largest absolute Gasteiger partial charge is 0.741 e. The SMILES string of the molecule is CCCCCCCCCCCC[NH+]1C=CC=C1CC.O=S(=O)([O-])C(F)(F)F. The maximum atomic E-state index is 10.7. The minimum absolute atomic E-state index is 1.19. The number of alkyl halides is 3. The number of halogens is 3. The lowest BCUT2D eigenvalue weighted by Gasteiger charge is -2.12.